The number of methoxy groups -OCH3 is 2. The molecule has 0 saturated heterocycles. The molecule has 0 atom stereocenters. The summed E-state index contributed by atoms with van der Waals surface area (Å²) in [6.07, 6.45) is 0.928. The molecule has 29 heavy (non-hydrogen) atoms. The molecule has 0 saturated carbocycles. The zero-order valence-electron chi connectivity index (χ0n) is 16.6. The van der Waals surface area contributed by atoms with Gasteiger partial charge >= 0.3 is 0 Å². The normalized spacial score (nSPS) is 10.6. The van der Waals surface area contributed by atoms with E-state index in [0.29, 0.717) is 35.9 Å². The van der Waals surface area contributed by atoms with Crippen LogP contribution in [-0.4, -0.2) is 25.1 Å². The van der Waals surface area contributed by atoms with Crippen molar-refractivity contribution in [3.63, 3.8) is 0 Å². The van der Waals surface area contributed by atoms with Gasteiger partial charge in [0.05, 0.1) is 26.5 Å². The van der Waals surface area contributed by atoms with E-state index in [-0.39, 0.29) is 5.91 Å². The lowest BCUT2D eigenvalue weighted by molar-refractivity contribution is -0.121. The minimum atomic E-state index is -0.0317. The molecule has 2 aromatic carbocycles. The van der Waals surface area contributed by atoms with E-state index in [0.717, 1.165) is 26.7 Å². The zero-order valence-corrected chi connectivity index (χ0v) is 18.2. The van der Waals surface area contributed by atoms with Gasteiger partial charge in [-0.25, -0.2) is 4.98 Å². The highest BCUT2D eigenvalue weighted by molar-refractivity contribution is 7.12. The maximum Gasteiger partial charge on any atom is 0.220 e. The second kappa shape index (κ2) is 9.76. The Morgan fingerprint density at radius 1 is 1.14 bits per heavy atom. The first-order valence-corrected chi connectivity index (χ1v) is 10.4. The molecule has 7 heteroatoms. The number of aromatic nitrogens is 1. The van der Waals surface area contributed by atoms with Crippen molar-refractivity contribution in [2.75, 3.05) is 14.2 Å². The quantitative estimate of drug-likeness (QED) is 0.544. The number of nitrogens with one attached hydrogen (secondary N) is 1. The second-order valence-electron chi connectivity index (χ2n) is 6.45. The number of benzene rings is 2. The molecule has 0 radical (unpaired) electrons. The molecule has 0 unspecified atom stereocenters. The Bertz CT molecular complexity index is 986. The summed E-state index contributed by atoms with van der Waals surface area (Å²) in [6, 6.07) is 13.3. The highest BCUT2D eigenvalue weighted by Gasteiger charge is 2.13. The van der Waals surface area contributed by atoms with Gasteiger partial charge in [-0.2, -0.15) is 0 Å². The smallest absolute Gasteiger partial charge is 0.220 e. The fourth-order valence-corrected chi connectivity index (χ4v) is 4.08. The lowest BCUT2D eigenvalue weighted by Gasteiger charge is -2.12. The second-order valence-corrected chi connectivity index (χ2v) is 8.17. The van der Waals surface area contributed by atoms with Crippen molar-refractivity contribution in [1.82, 2.24) is 10.3 Å². The Morgan fingerprint density at radius 2 is 1.90 bits per heavy atom. The summed E-state index contributed by atoms with van der Waals surface area (Å²) in [5.74, 6) is 1.31. The average Bonchev–Trinajstić information content (AvgIpc) is 3.11. The maximum absolute atomic E-state index is 12.3. The van der Waals surface area contributed by atoms with E-state index in [1.54, 1.807) is 25.6 Å². The number of rotatable bonds is 8. The van der Waals surface area contributed by atoms with Crippen LogP contribution in [0.15, 0.2) is 42.5 Å². The molecule has 1 aromatic heterocycles. The fourth-order valence-electron chi connectivity index (χ4n) is 3.06. The van der Waals surface area contributed by atoms with Crippen LogP contribution in [-0.2, 0) is 17.8 Å². The van der Waals surface area contributed by atoms with Gasteiger partial charge in [0.1, 0.15) is 5.01 Å². The Labute approximate surface area is 179 Å². The number of aryl methyl sites for hydroxylation is 2. The molecule has 1 amide bonds. The molecule has 0 bridgehead atoms. The number of halogens is 1. The van der Waals surface area contributed by atoms with Crippen molar-refractivity contribution < 1.29 is 14.3 Å². The highest BCUT2D eigenvalue weighted by Crippen LogP contribution is 2.31. The molecule has 1 N–H and O–H groups in total. The van der Waals surface area contributed by atoms with Crippen molar-refractivity contribution in [3.8, 4) is 22.8 Å². The monoisotopic (exact) mass is 430 g/mol. The van der Waals surface area contributed by atoms with E-state index in [4.69, 9.17) is 21.1 Å². The van der Waals surface area contributed by atoms with Crippen LogP contribution in [0.2, 0.25) is 5.02 Å². The predicted molar refractivity (Wildman–Crippen MR) is 117 cm³/mol. The lowest BCUT2D eigenvalue weighted by atomic mass is 10.1. The summed E-state index contributed by atoms with van der Waals surface area (Å²) < 4.78 is 10.7. The first-order chi connectivity index (χ1) is 14.0. The van der Waals surface area contributed by atoms with Crippen molar-refractivity contribution in [3.05, 3.63) is 62.9 Å². The molecule has 0 aliphatic rings. The third kappa shape index (κ3) is 5.28. The Hall–Kier alpha value is -2.57. The summed E-state index contributed by atoms with van der Waals surface area (Å²) in [6.45, 7) is 2.44. The van der Waals surface area contributed by atoms with Crippen LogP contribution in [0.25, 0.3) is 11.3 Å². The number of amides is 1. The molecule has 5 nitrogen and oxygen atoms in total. The molecule has 0 fully saturated rings. The standard InChI is InChI=1S/C22H23ClN2O3S/c1-14-21(15-7-10-17(23)11-8-15)25-20(29-14)13-24-19(26)12-9-16-5-4-6-18(27-2)22(16)28-3/h4-8,10-11H,9,12-13H2,1-3H3,(H,24,26). The summed E-state index contributed by atoms with van der Waals surface area (Å²) in [7, 11) is 3.20. The van der Waals surface area contributed by atoms with E-state index in [1.165, 1.54) is 0 Å². The van der Waals surface area contributed by atoms with E-state index in [1.807, 2.05) is 49.4 Å². The van der Waals surface area contributed by atoms with Crippen LogP contribution in [0.5, 0.6) is 11.5 Å². The number of carbonyl (C=O) groups excluding carboxylic acids is 1. The third-order valence-corrected chi connectivity index (χ3v) is 5.72. The van der Waals surface area contributed by atoms with Crippen LogP contribution < -0.4 is 14.8 Å². The van der Waals surface area contributed by atoms with Crippen molar-refractivity contribution in [2.45, 2.75) is 26.3 Å². The van der Waals surface area contributed by atoms with E-state index in [9.17, 15) is 4.79 Å². The Kier molecular flexibility index (Phi) is 7.12. The summed E-state index contributed by atoms with van der Waals surface area (Å²) in [5.41, 5.74) is 2.89. The van der Waals surface area contributed by atoms with Crippen LogP contribution in [0.4, 0.5) is 0 Å². The van der Waals surface area contributed by atoms with Gasteiger partial charge in [0.25, 0.3) is 0 Å². The van der Waals surface area contributed by atoms with Gasteiger partial charge in [-0.05, 0) is 37.1 Å². The number of hydrogen-bond acceptors (Lipinski definition) is 5. The van der Waals surface area contributed by atoms with Gasteiger partial charge in [-0.15, -0.1) is 11.3 Å². The number of hydrogen-bond donors (Lipinski definition) is 1. The number of thiazole rings is 1. The van der Waals surface area contributed by atoms with Crippen molar-refractivity contribution >= 4 is 28.8 Å². The van der Waals surface area contributed by atoms with E-state index < -0.39 is 0 Å². The zero-order chi connectivity index (χ0) is 20.8. The Morgan fingerprint density at radius 3 is 2.59 bits per heavy atom. The van der Waals surface area contributed by atoms with E-state index in [2.05, 4.69) is 10.3 Å². The molecule has 3 rings (SSSR count). The first kappa shape index (κ1) is 21.1. The van der Waals surface area contributed by atoms with Crippen LogP contribution >= 0.6 is 22.9 Å². The molecule has 152 valence electrons. The topological polar surface area (TPSA) is 60.5 Å². The first-order valence-electron chi connectivity index (χ1n) is 9.20. The highest BCUT2D eigenvalue weighted by atomic mass is 35.5. The molecule has 1 heterocycles. The fraction of sp³-hybridized carbons (Fsp3) is 0.273. The minimum absolute atomic E-state index is 0.0317. The van der Waals surface area contributed by atoms with Crippen LogP contribution in [0, 0.1) is 6.92 Å². The molecule has 0 aliphatic carbocycles. The van der Waals surface area contributed by atoms with Gasteiger partial charge in [0, 0.05) is 21.9 Å². The molecule has 0 spiro atoms. The number of carbonyl (C=O) groups is 1. The predicted octanol–water partition coefficient (Wildman–Crippen LogP) is 5.04. The number of nitrogens with zero attached hydrogens (tertiary/aromatic N) is 1. The van der Waals surface area contributed by atoms with Crippen LogP contribution in [0.1, 0.15) is 21.9 Å². The maximum atomic E-state index is 12.3. The van der Waals surface area contributed by atoms with Crippen LogP contribution in [0.3, 0.4) is 0 Å². The summed E-state index contributed by atoms with van der Waals surface area (Å²) >= 11 is 7.54. The summed E-state index contributed by atoms with van der Waals surface area (Å²) in [5, 5.41) is 4.52. The van der Waals surface area contributed by atoms with Crippen molar-refractivity contribution in [2.24, 2.45) is 0 Å². The molecule has 0 aliphatic heterocycles. The SMILES string of the molecule is COc1cccc(CCC(=O)NCc2nc(-c3ccc(Cl)cc3)c(C)s2)c1OC. The molecule has 3 aromatic rings. The van der Waals surface area contributed by atoms with Gasteiger partial charge < -0.3 is 14.8 Å². The van der Waals surface area contributed by atoms with Gasteiger partial charge in [0.2, 0.25) is 5.91 Å². The third-order valence-electron chi connectivity index (χ3n) is 4.50. The van der Waals surface area contributed by atoms with Gasteiger partial charge in [-0.3, -0.25) is 4.79 Å². The van der Waals surface area contributed by atoms with E-state index >= 15 is 0 Å². The number of ether oxygens (including phenoxy) is 2. The minimum Gasteiger partial charge on any atom is -0.493 e. The summed E-state index contributed by atoms with van der Waals surface area (Å²) in [4.78, 5) is 18.1. The largest absolute Gasteiger partial charge is 0.493 e. The van der Waals surface area contributed by atoms with Crippen molar-refractivity contribution in [1.29, 1.82) is 0 Å². The molecular weight excluding hydrogens is 408 g/mol. The molecular formula is C22H23ClN2O3S. The average molecular weight is 431 g/mol. The van der Waals surface area contributed by atoms with Gasteiger partial charge in [-0.1, -0.05) is 35.9 Å². The number of para-hydroxylation sites is 1. The van der Waals surface area contributed by atoms with Gasteiger partial charge in [0.15, 0.2) is 11.5 Å². The Balaban J connectivity index is 1.58. The lowest BCUT2D eigenvalue weighted by Crippen LogP contribution is -2.23.